The summed E-state index contributed by atoms with van der Waals surface area (Å²) >= 11 is 0. The molecule has 2 N–H and O–H groups in total. The number of nitrogens with zero attached hydrogens (tertiary/aromatic N) is 2. The molecular weight excluding hydrogens is 378 g/mol. The second kappa shape index (κ2) is 7.03. The lowest BCUT2D eigenvalue weighted by atomic mass is 9.97. The molecule has 1 aromatic heterocycles. The number of sulfonamides is 1. The summed E-state index contributed by atoms with van der Waals surface area (Å²) in [6, 6.07) is 11.4. The number of carboxylic acids is 1. The van der Waals surface area contributed by atoms with E-state index in [1.807, 2.05) is 19.1 Å². The molecule has 0 aliphatic carbocycles. The average molecular weight is 399 g/mol. The monoisotopic (exact) mass is 399 g/mol. The Kier molecular flexibility index (Phi) is 4.68. The van der Waals surface area contributed by atoms with Gasteiger partial charge in [0.05, 0.1) is 21.5 Å². The lowest BCUT2D eigenvalue weighted by Gasteiger charge is -2.30. The Morgan fingerprint density at radius 2 is 1.82 bits per heavy atom. The second-order valence-corrected chi connectivity index (χ2v) is 9.09. The van der Waals surface area contributed by atoms with Gasteiger partial charge in [0.1, 0.15) is 5.82 Å². The minimum atomic E-state index is -3.63. The van der Waals surface area contributed by atoms with E-state index in [1.54, 1.807) is 0 Å². The van der Waals surface area contributed by atoms with E-state index < -0.39 is 16.0 Å². The predicted octanol–water partition coefficient (Wildman–Crippen LogP) is 3.14. The van der Waals surface area contributed by atoms with Crippen molar-refractivity contribution in [2.24, 2.45) is 0 Å². The van der Waals surface area contributed by atoms with Gasteiger partial charge < -0.3 is 10.1 Å². The smallest absolute Gasteiger partial charge is 0.335 e. The van der Waals surface area contributed by atoms with Crippen LogP contribution in [0.4, 0.5) is 0 Å². The molecule has 1 aliphatic heterocycles. The molecule has 146 valence electrons. The number of benzene rings is 2. The van der Waals surface area contributed by atoms with Gasteiger partial charge in [-0.3, -0.25) is 0 Å². The summed E-state index contributed by atoms with van der Waals surface area (Å²) in [7, 11) is -3.63. The molecule has 4 rings (SSSR count). The third-order valence-electron chi connectivity index (χ3n) is 5.24. The first-order valence-electron chi connectivity index (χ1n) is 9.14. The Labute approximate surface area is 163 Å². The second-order valence-electron chi connectivity index (χ2n) is 7.15. The van der Waals surface area contributed by atoms with Crippen LogP contribution < -0.4 is 0 Å². The number of nitrogens with one attached hydrogen (secondary N) is 1. The summed E-state index contributed by atoms with van der Waals surface area (Å²) in [5, 5.41) is 8.96. The van der Waals surface area contributed by atoms with Crippen molar-refractivity contribution in [1.82, 2.24) is 14.3 Å². The fourth-order valence-electron chi connectivity index (χ4n) is 3.62. The third kappa shape index (κ3) is 3.41. The molecule has 0 bridgehead atoms. The number of aryl methyl sites for hydroxylation is 1. The highest BCUT2D eigenvalue weighted by atomic mass is 32.2. The Morgan fingerprint density at radius 3 is 2.46 bits per heavy atom. The van der Waals surface area contributed by atoms with Crippen LogP contribution in [0, 0.1) is 6.92 Å². The van der Waals surface area contributed by atoms with Crippen LogP contribution in [0.15, 0.2) is 47.4 Å². The Balaban J connectivity index is 1.48. The minimum Gasteiger partial charge on any atom is -0.478 e. The lowest BCUT2D eigenvalue weighted by Crippen LogP contribution is -2.38. The molecule has 0 unspecified atom stereocenters. The maximum atomic E-state index is 12.8. The van der Waals surface area contributed by atoms with Gasteiger partial charge in [-0.25, -0.2) is 18.2 Å². The van der Waals surface area contributed by atoms with E-state index in [1.165, 1.54) is 28.6 Å². The molecule has 0 atom stereocenters. The zero-order valence-corrected chi connectivity index (χ0v) is 16.2. The number of carbonyl (C=O) groups is 1. The van der Waals surface area contributed by atoms with Crippen LogP contribution in [0.5, 0.6) is 0 Å². The summed E-state index contributed by atoms with van der Waals surface area (Å²) in [6.07, 6.45) is 1.37. The first kappa shape index (κ1) is 18.6. The van der Waals surface area contributed by atoms with Gasteiger partial charge in [-0.05, 0) is 61.7 Å². The van der Waals surface area contributed by atoms with Crippen LogP contribution in [0.1, 0.15) is 40.5 Å². The fourth-order valence-corrected chi connectivity index (χ4v) is 5.09. The molecule has 1 aliphatic rings. The fraction of sp³-hybridized carbons (Fsp3) is 0.300. The van der Waals surface area contributed by atoms with Gasteiger partial charge in [0.2, 0.25) is 10.0 Å². The van der Waals surface area contributed by atoms with Crippen molar-refractivity contribution in [3.63, 3.8) is 0 Å². The number of aromatic nitrogens is 2. The lowest BCUT2D eigenvalue weighted by molar-refractivity contribution is 0.0696. The highest BCUT2D eigenvalue weighted by molar-refractivity contribution is 7.89. The maximum Gasteiger partial charge on any atom is 0.335 e. The van der Waals surface area contributed by atoms with Gasteiger partial charge in [-0.2, -0.15) is 4.31 Å². The van der Waals surface area contributed by atoms with Crippen LogP contribution in [0.25, 0.3) is 11.0 Å². The number of hydrogen-bond donors (Lipinski definition) is 2. The van der Waals surface area contributed by atoms with Gasteiger partial charge in [0.15, 0.2) is 0 Å². The normalized spacial score (nSPS) is 16.5. The van der Waals surface area contributed by atoms with E-state index in [0.717, 1.165) is 22.4 Å². The van der Waals surface area contributed by atoms with Crippen LogP contribution in [0.2, 0.25) is 0 Å². The van der Waals surface area contributed by atoms with E-state index in [9.17, 15) is 13.2 Å². The van der Waals surface area contributed by atoms with Crippen LogP contribution >= 0.6 is 0 Å². The number of piperidine rings is 1. The molecule has 0 spiro atoms. The molecule has 7 nitrogen and oxygen atoms in total. The molecule has 0 radical (unpaired) electrons. The number of carboxylic acid groups (broad SMARTS) is 1. The Morgan fingerprint density at radius 1 is 1.14 bits per heavy atom. The number of imidazole rings is 1. The highest BCUT2D eigenvalue weighted by Crippen LogP contribution is 2.30. The SMILES string of the molecule is Cc1ccc2nc(C3CCN(S(=O)(=O)c4ccc(C(=O)O)cc4)CC3)[nH]c2c1. The molecule has 8 heteroatoms. The topological polar surface area (TPSA) is 103 Å². The van der Waals surface area contributed by atoms with Gasteiger partial charge >= 0.3 is 5.97 Å². The standard InChI is InChI=1S/C20H21N3O4S/c1-13-2-7-17-18(12-13)22-19(21-17)14-8-10-23(11-9-14)28(26,27)16-5-3-15(4-6-16)20(24)25/h2-7,12,14H,8-11H2,1H3,(H,21,22)(H,24,25). The van der Waals surface area contributed by atoms with Crippen molar-refractivity contribution >= 4 is 27.0 Å². The number of aromatic amines is 1. The summed E-state index contributed by atoms with van der Waals surface area (Å²) in [6.45, 7) is 2.85. The summed E-state index contributed by atoms with van der Waals surface area (Å²) in [5.74, 6) is 0.0165. The third-order valence-corrected chi connectivity index (χ3v) is 7.15. The minimum absolute atomic E-state index is 0.0674. The van der Waals surface area contributed by atoms with Gasteiger partial charge in [-0.1, -0.05) is 6.07 Å². The van der Waals surface area contributed by atoms with Crippen LogP contribution in [-0.2, 0) is 10.0 Å². The van der Waals surface area contributed by atoms with Crippen LogP contribution in [-0.4, -0.2) is 46.9 Å². The summed E-state index contributed by atoms with van der Waals surface area (Å²) < 4.78 is 27.2. The Bertz CT molecular complexity index is 1130. The van der Waals surface area contributed by atoms with Crippen molar-refractivity contribution < 1.29 is 18.3 Å². The van der Waals surface area contributed by atoms with Crippen molar-refractivity contribution in [3.05, 3.63) is 59.4 Å². The molecule has 0 saturated carbocycles. The molecular formula is C20H21N3O4S. The van der Waals surface area contributed by atoms with E-state index in [2.05, 4.69) is 16.0 Å². The first-order chi connectivity index (χ1) is 13.3. The summed E-state index contributed by atoms with van der Waals surface area (Å²) in [4.78, 5) is 19.1. The number of fused-ring (bicyclic) bond motifs is 1. The van der Waals surface area contributed by atoms with Crippen molar-refractivity contribution in [2.45, 2.75) is 30.6 Å². The van der Waals surface area contributed by atoms with Crippen molar-refractivity contribution in [1.29, 1.82) is 0 Å². The Hall–Kier alpha value is -2.71. The van der Waals surface area contributed by atoms with E-state index in [4.69, 9.17) is 5.11 Å². The van der Waals surface area contributed by atoms with E-state index in [-0.39, 0.29) is 16.4 Å². The number of rotatable bonds is 4. The molecule has 1 saturated heterocycles. The van der Waals surface area contributed by atoms with E-state index in [0.29, 0.717) is 25.9 Å². The zero-order valence-electron chi connectivity index (χ0n) is 15.4. The largest absolute Gasteiger partial charge is 0.478 e. The quantitative estimate of drug-likeness (QED) is 0.701. The average Bonchev–Trinajstić information content (AvgIpc) is 3.11. The van der Waals surface area contributed by atoms with Crippen molar-refractivity contribution in [3.8, 4) is 0 Å². The van der Waals surface area contributed by atoms with Crippen LogP contribution in [0.3, 0.4) is 0 Å². The molecule has 28 heavy (non-hydrogen) atoms. The van der Waals surface area contributed by atoms with Crippen molar-refractivity contribution in [2.75, 3.05) is 13.1 Å². The maximum absolute atomic E-state index is 12.8. The molecule has 2 heterocycles. The molecule has 2 aromatic carbocycles. The van der Waals surface area contributed by atoms with E-state index >= 15 is 0 Å². The number of hydrogen-bond acceptors (Lipinski definition) is 4. The number of aromatic carboxylic acids is 1. The predicted molar refractivity (Wildman–Crippen MR) is 105 cm³/mol. The zero-order chi connectivity index (χ0) is 19.9. The molecule has 3 aromatic rings. The highest BCUT2D eigenvalue weighted by Gasteiger charge is 2.31. The van der Waals surface area contributed by atoms with Gasteiger partial charge in [0, 0.05) is 19.0 Å². The summed E-state index contributed by atoms with van der Waals surface area (Å²) in [5.41, 5.74) is 3.16. The molecule has 1 fully saturated rings. The number of H-pyrrole nitrogens is 1. The van der Waals surface area contributed by atoms with Gasteiger partial charge in [-0.15, -0.1) is 0 Å². The molecule has 0 amide bonds. The van der Waals surface area contributed by atoms with Gasteiger partial charge in [0.25, 0.3) is 0 Å². The first-order valence-corrected chi connectivity index (χ1v) is 10.6.